The first-order chi connectivity index (χ1) is 8.99. The highest BCUT2D eigenvalue weighted by Crippen LogP contribution is 2.11. The lowest BCUT2D eigenvalue weighted by molar-refractivity contribution is -0.135. The van der Waals surface area contributed by atoms with Gasteiger partial charge in [-0.1, -0.05) is 19.1 Å². The summed E-state index contributed by atoms with van der Waals surface area (Å²) in [6.45, 7) is 4.07. The van der Waals surface area contributed by atoms with Gasteiger partial charge in [0, 0.05) is 13.6 Å². The molecule has 0 bridgehead atoms. The van der Waals surface area contributed by atoms with Gasteiger partial charge in [0.2, 0.25) is 5.91 Å². The van der Waals surface area contributed by atoms with E-state index in [1.807, 2.05) is 6.92 Å². The number of amides is 1. The summed E-state index contributed by atoms with van der Waals surface area (Å²) in [7, 11) is 1.73. The van der Waals surface area contributed by atoms with Gasteiger partial charge in [0.25, 0.3) is 0 Å². The minimum Gasteiger partial charge on any atom is -0.396 e. The SMILES string of the molecule is CCC(CO)C(=O)N(C)CCc1ccc(F)c(C)c1. The van der Waals surface area contributed by atoms with E-state index in [1.54, 1.807) is 31.0 Å². The molecule has 0 radical (unpaired) electrons. The van der Waals surface area contributed by atoms with E-state index >= 15 is 0 Å². The van der Waals surface area contributed by atoms with Crippen molar-refractivity contribution < 1.29 is 14.3 Å². The van der Waals surface area contributed by atoms with E-state index in [-0.39, 0.29) is 24.2 Å². The van der Waals surface area contributed by atoms with Gasteiger partial charge in [-0.25, -0.2) is 4.39 Å². The Bertz CT molecular complexity index is 430. The van der Waals surface area contributed by atoms with Crippen molar-refractivity contribution in [3.8, 4) is 0 Å². The summed E-state index contributed by atoms with van der Waals surface area (Å²) in [5.74, 6) is -0.566. The van der Waals surface area contributed by atoms with E-state index in [2.05, 4.69) is 0 Å². The fourth-order valence-electron chi connectivity index (χ4n) is 1.96. The zero-order valence-corrected chi connectivity index (χ0v) is 11.8. The molecule has 0 spiro atoms. The summed E-state index contributed by atoms with van der Waals surface area (Å²) < 4.78 is 13.1. The molecule has 0 saturated heterocycles. The summed E-state index contributed by atoms with van der Waals surface area (Å²) in [4.78, 5) is 13.6. The fraction of sp³-hybridized carbons (Fsp3) is 0.533. The molecule has 0 aliphatic heterocycles. The lowest BCUT2D eigenvalue weighted by Crippen LogP contribution is -2.35. The molecule has 0 aliphatic carbocycles. The molecule has 19 heavy (non-hydrogen) atoms. The van der Waals surface area contributed by atoms with Crippen molar-refractivity contribution in [1.29, 1.82) is 0 Å². The Kier molecular flexibility index (Phi) is 5.96. The molecule has 1 N–H and O–H groups in total. The molecule has 0 saturated carbocycles. The Morgan fingerprint density at radius 1 is 1.47 bits per heavy atom. The Balaban J connectivity index is 2.56. The molecule has 0 aliphatic rings. The molecule has 1 atom stereocenters. The Morgan fingerprint density at radius 2 is 2.16 bits per heavy atom. The second-order valence-electron chi connectivity index (χ2n) is 4.88. The van der Waals surface area contributed by atoms with Crippen LogP contribution in [0, 0.1) is 18.7 Å². The first-order valence-corrected chi connectivity index (χ1v) is 6.60. The third kappa shape index (κ3) is 4.31. The number of benzene rings is 1. The molecule has 1 aromatic rings. The number of carbonyl (C=O) groups is 1. The van der Waals surface area contributed by atoms with E-state index in [4.69, 9.17) is 5.11 Å². The number of aliphatic hydroxyl groups is 1. The molecule has 4 heteroatoms. The van der Waals surface area contributed by atoms with Crippen LogP contribution in [0.4, 0.5) is 4.39 Å². The standard InChI is InChI=1S/C15H22FNO2/c1-4-13(10-18)15(19)17(3)8-7-12-5-6-14(16)11(2)9-12/h5-6,9,13,18H,4,7-8,10H2,1-3H3. The highest BCUT2D eigenvalue weighted by Gasteiger charge is 2.19. The van der Waals surface area contributed by atoms with Crippen LogP contribution in [0.15, 0.2) is 18.2 Å². The Hall–Kier alpha value is -1.42. The Morgan fingerprint density at radius 3 is 2.68 bits per heavy atom. The monoisotopic (exact) mass is 267 g/mol. The lowest BCUT2D eigenvalue weighted by atomic mass is 10.1. The van der Waals surface area contributed by atoms with Crippen LogP contribution >= 0.6 is 0 Å². The van der Waals surface area contributed by atoms with Crippen LogP contribution in [0.25, 0.3) is 0 Å². The number of nitrogens with zero attached hydrogens (tertiary/aromatic N) is 1. The molecule has 0 aromatic heterocycles. The van der Waals surface area contributed by atoms with Gasteiger partial charge < -0.3 is 10.0 Å². The number of aliphatic hydroxyl groups excluding tert-OH is 1. The fourth-order valence-corrected chi connectivity index (χ4v) is 1.96. The first kappa shape index (κ1) is 15.6. The summed E-state index contributed by atoms with van der Waals surface area (Å²) in [5, 5.41) is 9.11. The van der Waals surface area contributed by atoms with Crippen LogP contribution in [0.1, 0.15) is 24.5 Å². The van der Waals surface area contributed by atoms with Crippen LogP contribution in [-0.2, 0) is 11.2 Å². The second-order valence-corrected chi connectivity index (χ2v) is 4.88. The average molecular weight is 267 g/mol. The number of rotatable bonds is 6. The minimum absolute atomic E-state index is 0.0381. The van der Waals surface area contributed by atoms with Gasteiger partial charge in [-0.05, 0) is 37.0 Å². The zero-order chi connectivity index (χ0) is 14.4. The maximum Gasteiger partial charge on any atom is 0.227 e. The third-order valence-corrected chi connectivity index (χ3v) is 3.40. The quantitative estimate of drug-likeness (QED) is 0.858. The molecule has 1 unspecified atom stereocenters. The molecule has 1 amide bonds. The maximum absolute atomic E-state index is 13.1. The van der Waals surface area contributed by atoms with Gasteiger partial charge in [0.05, 0.1) is 12.5 Å². The number of hydrogen-bond acceptors (Lipinski definition) is 2. The number of halogens is 1. The summed E-state index contributed by atoms with van der Waals surface area (Å²) >= 11 is 0. The zero-order valence-electron chi connectivity index (χ0n) is 11.8. The molecular weight excluding hydrogens is 245 g/mol. The topological polar surface area (TPSA) is 40.5 Å². The number of carbonyl (C=O) groups excluding carboxylic acids is 1. The lowest BCUT2D eigenvalue weighted by Gasteiger charge is -2.21. The highest BCUT2D eigenvalue weighted by molar-refractivity contribution is 5.78. The molecule has 1 rings (SSSR count). The van der Waals surface area contributed by atoms with Crippen molar-refractivity contribution in [3.05, 3.63) is 35.1 Å². The minimum atomic E-state index is -0.319. The molecular formula is C15H22FNO2. The molecule has 106 valence electrons. The average Bonchev–Trinajstić information content (AvgIpc) is 2.41. The normalized spacial score (nSPS) is 12.3. The van der Waals surface area contributed by atoms with E-state index < -0.39 is 0 Å². The summed E-state index contributed by atoms with van der Waals surface area (Å²) in [6, 6.07) is 5.00. The molecule has 0 fully saturated rings. The third-order valence-electron chi connectivity index (χ3n) is 3.40. The largest absolute Gasteiger partial charge is 0.396 e. The molecule has 0 heterocycles. The van der Waals surface area contributed by atoms with Crippen molar-refractivity contribution in [1.82, 2.24) is 4.90 Å². The van der Waals surface area contributed by atoms with Gasteiger partial charge >= 0.3 is 0 Å². The predicted octanol–water partition coefficient (Wildman–Crippen LogP) is 2.15. The molecule has 1 aromatic carbocycles. The van der Waals surface area contributed by atoms with Gasteiger partial charge in [-0.2, -0.15) is 0 Å². The van der Waals surface area contributed by atoms with Crippen molar-refractivity contribution in [2.24, 2.45) is 5.92 Å². The van der Waals surface area contributed by atoms with Crippen molar-refractivity contribution in [2.75, 3.05) is 20.2 Å². The molecule has 3 nitrogen and oxygen atoms in total. The van der Waals surface area contributed by atoms with E-state index in [0.717, 1.165) is 5.56 Å². The van der Waals surface area contributed by atoms with Crippen LogP contribution in [-0.4, -0.2) is 36.1 Å². The number of hydrogen-bond donors (Lipinski definition) is 1. The van der Waals surface area contributed by atoms with E-state index in [9.17, 15) is 9.18 Å². The van der Waals surface area contributed by atoms with Crippen LogP contribution < -0.4 is 0 Å². The predicted molar refractivity (Wildman–Crippen MR) is 73.3 cm³/mol. The summed E-state index contributed by atoms with van der Waals surface area (Å²) in [6.07, 6.45) is 1.32. The van der Waals surface area contributed by atoms with E-state index in [0.29, 0.717) is 24.9 Å². The van der Waals surface area contributed by atoms with Gasteiger partial charge in [-0.3, -0.25) is 4.79 Å². The van der Waals surface area contributed by atoms with Crippen LogP contribution in [0.5, 0.6) is 0 Å². The van der Waals surface area contributed by atoms with E-state index in [1.165, 1.54) is 6.07 Å². The first-order valence-electron chi connectivity index (χ1n) is 6.60. The highest BCUT2D eigenvalue weighted by atomic mass is 19.1. The number of aryl methyl sites for hydroxylation is 1. The van der Waals surface area contributed by atoms with Gasteiger partial charge in [0.15, 0.2) is 0 Å². The Labute approximate surface area is 114 Å². The van der Waals surface area contributed by atoms with Gasteiger partial charge in [-0.15, -0.1) is 0 Å². The van der Waals surface area contributed by atoms with Gasteiger partial charge in [0.1, 0.15) is 5.82 Å². The second kappa shape index (κ2) is 7.24. The smallest absolute Gasteiger partial charge is 0.227 e. The van der Waals surface area contributed by atoms with Crippen LogP contribution in [0.2, 0.25) is 0 Å². The maximum atomic E-state index is 13.1. The number of likely N-dealkylation sites (N-methyl/N-ethyl adjacent to an activating group) is 1. The summed E-state index contributed by atoms with van der Waals surface area (Å²) in [5.41, 5.74) is 1.63. The van der Waals surface area contributed by atoms with Crippen molar-refractivity contribution in [2.45, 2.75) is 26.7 Å². The van der Waals surface area contributed by atoms with Crippen LogP contribution in [0.3, 0.4) is 0 Å². The van der Waals surface area contributed by atoms with Crippen molar-refractivity contribution >= 4 is 5.91 Å². The van der Waals surface area contributed by atoms with Crippen molar-refractivity contribution in [3.63, 3.8) is 0 Å².